The summed E-state index contributed by atoms with van der Waals surface area (Å²) in [5.41, 5.74) is 5.96. The van der Waals surface area contributed by atoms with Crippen molar-refractivity contribution in [3.8, 4) is 5.75 Å². The maximum atomic E-state index is 13.3. The summed E-state index contributed by atoms with van der Waals surface area (Å²) < 4.78 is 5.86. The largest absolute Gasteiger partial charge is 0.491 e. The number of allylic oxidation sites excluding steroid dienone is 1. The molecular formula is C25H22O2. The van der Waals surface area contributed by atoms with E-state index in [0.717, 1.165) is 39.1 Å². The van der Waals surface area contributed by atoms with Crippen molar-refractivity contribution < 1.29 is 9.53 Å². The third kappa shape index (κ3) is 3.43. The van der Waals surface area contributed by atoms with Crippen molar-refractivity contribution in [1.82, 2.24) is 0 Å². The Balaban J connectivity index is 1.82. The Hall–Kier alpha value is -3.13. The molecule has 0 heterocycles. The molecule has 134 valence electrons. The van der Waals surface area contributed by atoms with Crippen molar-refractivity contribution in [2.75, 3.05) is 0 Å². The van der Waals surface area contributed by atoms with Crippen LogP contribution in [0, 0.1) is 0 Å². The van der Waals surface area contributed by atoms with Crippen LogP contribution in [0.5, 0.6) is 5.75 Å². The zero-order valence-corrected chi connectivity index (χ0v) is 15.6. The summed E-state index contributed by atoms with van der Waals surface area (Å²) in [6, 6.07) is 25.8. The highest BCUT2D eigenvalue weighted by Crippen LogP contribution is 2.40. The van der Waals surface area contributed by atoms with Gasteiger partial charge in [-0.15, -0.1) is 0 Å². The number of rotatable bonds is 5. The second kappa shape index (κ2) is 7.24. The monoisotopic (exact) mass is 354 g/mol. The van der Waals surface area contributed by atoms with E-state index in [1.165, 1.54) is 0 Å². The molecule has 0 fully saturated rings. The van der Waals surface area contributed by atoms with Gasteiger partial charge in [-0.2, -0.15) is 0 Å². The average molecular weight is 354 g/mol. The second-order valence-electron chi connectivity index (χ2n) is 7.08. The van der Waals surface area contributed by atoms with E-state index in [-0.39, 0.29) is 11.9 Å². The summed E-state index contributed by atoms with van der Waals surface area (Å²) in [4.78, 5) is 13.3. The lowest BCUT2D eigenvalue weighted by Crippen LogP contribution is -2.06. The molecule has 0 aromatic heterocycles. The maximum absolute atomic E-state index is 13.3. The molecule has 3 aromatic carbocycles. The third-order valence-electron chi connectivity index (χ3n) is 4.76. The molecule has 2 nitrogen and oxygen atoms in total. The molecule has 4 rings (SSSR count). The zero-order chi connectivity index (χ0) is 18.8. The first kappa shape index (κ1) is 17.3. The molecule has 1 aliphatic rings. The van der Waals surface area contributed by atoms with Crippen LogP contribution in [-0.2, 0) is 6.42 Å². The van der Waals surface area contributed by atoms with Gasteiger partial charge >= 0.3 is 0 Å². The summed E-state index contributed by atoms with van der Waals surface area (Å²) in [6.07, 6.45) is 0.749. The number of carbonyl (C=O) groups is 1. The maximum Gasteiger partial charge on any atom is 0.189 e. The van der Waals surface area contributed by atoms with Crippen LogP contribution in [0.2, 0.25) is 0 Å². The van der Waals surface area contributed by atoms with Gasteiger partial charge in [-0.3, -0.25) is 4.79 Å². The summed E-state index contributed by atoms with van der Waals surface area (Å²) in [5, 5.41) is 0. The molecule has 1 aliphatic carbocycles. The SMILES string of the molecule is CC(C)Oc1ccc2c(c1)CC(C(=O)c1ccccc1)=C2c1ccccc1. The fraction of sp³-hybridized carbons (Fsp3) is 0.160. The topological polar surface area (TPSA) is 26.3 Å². The number of Topliss-reactive ketones (excluding diaryl/α,β-unsaturated/α-hetero) is 1. The molecule has 27 heavy (non-hydrogen) atoms. The standard InChI is InChI=1S/C25H22O2/c1-17(2)27-21-13-14-22-20(15-21)16-23(24(22)18-9-5-3-6-10-18)25(26)19-11-7-4-8-12-19/h3-15,17H,16H2,1-2H3. The number of ketones is 1. The van der Waals surface area contributed by atoms with E-state index in [1.807, 2.05) is 68.4 Å². The van der Waals surface area contributed by atoms with Crippen molar-refractivity contribution in [1.29, 1.82) is 0 Å². The molecule has 0 amide bonds. The predicted octanol–water partition coefficient (Wildman–Crippen LogP) is 5.71. The van der Waals surface area contributed by atoms with Gasteiger partial charge in [0.15, 0.2) is 5.78 Å². The van der Waals surface area contributed by atoms with Gasteiger partial charge in [0.05, 0.1) is 6.10 Å². The summed E-state index contributed by atoms with van der Waals surface area (Å²) in [5.74, 6) is 0.946. The Labute approximate surface area is 160 Å². The fourth-order valence-corrected chi connectivity index (χ4v) is 3.64. The molecular weight excluding hydrogens is 332 g/mol. The van der Waals surface area contributed by atoms with Crippen molar-refractivity contribution in [3.05, 3.63) is 107 Å². The molecule has 0 N–H and O–H groups in total. The molecule has 0 saturated carbocycles. The Bertz CT molecular complexity index is 999. The predicted molar refractivity (Wildman–Crippen MR) is 109 cm³/mol. The van der Waals surface area contributed by atoms with Gasteiger partial charge < -0.3 is 4.74 Å². The van der Waals surface area contributed by atoms with E-state index in [0.29, 0.717) is 6.42 Å². The van der Waals surface area contributed by atoms with Crippen molar-refractivity contribution in [2.45, 2.75) is 26.4 Å². The Kier molecular flexibility index (Phi) is 4.64. The normalized spacial score (nSPS) is 13.0. The number of hydrogen-bond acceptors (Lipinski definition) is 2. The van der Waals surface area contributed by atoms with E-state index < -0.39 is 0 Å². The molecule has 0 unspecified atom stereocenters. The first-order chi connectivity index (χ1) is 13.1. The lowest BCUT2D eigenvalue weighted by molar-refractivity contribution is 0.103. The van der Waals surface area contributed by atoms with Crippen LogP contribution in [0.15, 0.2) is 84.4 Å². The molecule has 0 atom stereocenters. The van der Waals surface area contributed by atoms with Gasteiger partial charge in [0.1, 0.15) is 5.75 Å². The molecule has 2 heteroatoms. The summed E-state index contributed by atoms with van der Waals surface area (Å²) in [6.45, 7) is 4.04. The van der Waals surface area contributed by atoms with Gasteiger partial charge in [0.2, 0.25) is 0 Å². The quantitative estimate of drug-likeness (QED) is 0.548. The van der Waals surface area contributed by atoms with E-state index in [4.69, 9.17) is 4.74 Å². The van der Waals surface area contributed by atoms with Crippen molar-refractivity contribution >= 4 is 11.4 Å². The molecule has 0 spiro atoms. The van der Waals surface area contributed by atoms with Gasteiger partial charge in [-0.1, -0.05) is 66.7 Å². The van der Waals surface area contributed by atoms with Crippen molar-refractivity contribution in [2.24, 2.45) is 0 Å². The third-order valence-corrected chi connectivity index (χ3v) is 4.76. The van der Waals surface area contributed by atoms with Crippen LogP contribution >= 0.6 is 0 Å². The molecule has 0 bridgehead atoms. The molecule has 0 aliphatic heterocycles. The van der Waals surface area contributed by atoms with Crippen LogP contribution in [-0.4, -0.2) is 11.9 Å². The van der Waals surface area contributed by atoms with Crippen LogP contribution in [0.4, 0.5) is 0 Å². The van der Waals surface area contributed by atoms with Gasteiger partial charge in [0.25, 0.3) is 0 Å². The van der Waals surface area contributed by atoms with Gasteiger partial charge in [0, 0.05) is 17.6 Å². The fourth-order valence-electron chi connectivity index (χ4n) is 3.64. The van der Waals surface area contributed by atoms with Crippen LogP contribution in [0.25, 0.3) is 5.57 Å². The summed E-state index contributed by atoms with van der Waals surface area (Å²) >= 11 is 0. The van der Waals surface area contributed by atoms with Gasteiger partial charge in [-0.25, -0.2) is 0 Å². The Morgan fingerprint density at radius 1 is 0.889 bits per heavy atom. The first-order valence-electron chi connectivity index (χ1n) is 9.32. The second-order valence-corrected chi connectivity index (χ2v) is 7.08. The van der Waals surface area contributed by atoms with Crippen LogP contribution in [0.1, 0.15) is 40.9 Å². The molecule has 0 radical (unpaired) electrons. The minimum atomic E-state index is 0.0944. The lowest BCUT2D eigenvalue weighted by atomic mass is 9.94. The minimum absolute atomic E-state index is 0.0944. The van der Waals surface area contributed by atoms with E-state index in [2.05, 4.69) is 24.3 Å². The van der Waals surface area contributed by atoms with E-state index in [9.17, 15) is 4.79 Å². The average Bonchev–Trinajstić information content (AvgIpc) is 3.07. The summed E-state index contributed by atoms with van der Waals surface area (Å²) in [7, 11) is 0. The van der Waals surface area contributed by atoms with Crippen LogP contribution < -0.4 is 4.74 Å². The first-order valence-corrected chi connectivity index (χ1v) is 9.32. The van der Waals surface area contributed by atoms with E-state index >= 15 is 0 Å². The highest BCUT2D eigenvalue weighted by atomic mass is 16.5. The van der Waals surface area contributed by atoms with E-state index in [1.54, 1.807) is 0 Å². The highest BCUT2D eigenvalue weighted by Gasteiger charge is 2.28. The Morgan fingerprint density at radius 3 is 2.22 bits per heavy atom. The number of fused-ring (bicyclic) bond motifs is 1. The zero-order valence-electron chi connectivity index (χ0n) is 15.6. The highest BCUT2D eigenvalue weighted by molar-refractivity contribution is 6.16. The number of hydrogen-bond donors (Lipinski definition) is 0. The van der Waals surface area contributed by atoms with Crippen LogP contribution in [0.3, 0.4) is 0 Å². The minimum Gasteiger partial charge on any atom is -0.491 e. The van der Waals surface area contributed by atoms with Crippen molar-refractivity contribution in [3.63, 3.8) is 0 Å². The Morgan fingerprint density at radius 2 is 1.56 bits per heavy atom. The smallest absolute Gasteiger partial charge is 0.189 e. The molecule has 3 aromatic rings. The van der Waals surface area contributed by atoms with Gasteiger partial charge in [-0.05, 0) is 48.2 Å². The number of benzene rings is 3. The number of ether oxygens (including phenoxy) is 1. The molecule has 0 saturated heterocycles. The lowest BCUT2D eigenvalue weighted by Gasteiger charge is -2.12. The number of carbonyl (C=O) groups excluding carboxylic acids is 1.